The second kappa shape index (κ2) is 5.61. The van der Waals surface area contributed by atoms with E-state index in [1.807, 2.05) is 13.8 Å². The van der Waals surface area contributed by atoms with Gasteiger partial charge in [-0.2, -0.15) is 0 Å². The number of hydrogen-bond donors (Lipinski definition) is 4. The van der Waals surface area contributed by atoms with Gasteiger partial charge in [0.1, 0.15) is 0 Å². The first-order valence-electron chi connectivity index (χ1n) is 3.43. The third-order valence-electron chi connectivity index (χ3n) is 1.12. The molecule has 4 nitrogen and oxygen atoms in total. The number of hydrazine groups is 1. The highest BCUT2D eigenvalue weighted by Crippen LogP contribution is 1.77. The van der Waals surface area contributed by atoms with E-state index in [0.29, 0.717) is 0 Å². The van der Waals surface area contributed by atoms with E-state index in [2.05, 4.69) is 10.9 Å². The molecule has 10 heavy (non-hydrogen) atoms. The minimum Gasteiger partial charge on any atom is -0.395 e. The molecule has 0 aromatic heterocycles. The predicted octanol–water partition coefficient (Wildman–Crippen LogP) is -1.16. The van der Waals surface area contributed by atoms with Crippen LogP contribution in [-0.2, 0) is 0 Å². The van der Waals surface area contributed by atoms with Gasteiger partial charge in [-0.05, 0) is 13.8 Å². The van der Waals surface area contributed by atoms with Crippen LogP contribution in [0.3, 0.4) is 0 Å². The van der Waals surface area contributed by atoms with Gasteiger partial charge in [-0.25, -0.2) is 0 Å². The molecule has 2 atom stereocenters. The van der Waals surface area contributed by atoms with E-state index < -0.39 is 0 Å². The van der Waals surface area contributed by atoms with Crippen molar-refractivity contribution in [3.63, 3.8) is 0 Å². The Balaban J connectivity index is 3.17. The summed E-state index contributed by atoms with van der Waals surface area (Å²) in [5, 5.41) is 17.1. The van der Waals surface area contributed by atoms with Crippen LogP contribution in [-0.4, -0.2) is 35.5 Å². The molecule has 0 fully saturated rings. The Morgan fingerprint density at radius 3 is 1.50 bits per heavy atom. The van der Waals surface area contributed by atoms with Crippen molar-refractivity contribution in [3.8, 4) is 0 Å². The van der Waals surface area contributed by atoms with Crippen molar-refractivity contribution in [1.29, 1.82) is 0 Å². The van der Waals surface area contributed by atoms with Gasteiger partial charge in [0.05, 0.1) is 13.2 Å². The summed E-state index contributed by atoms with van der Waals surface area (Å²) in [5.74, 6) is 0. The molecular formula is C6H16N2O2. The SMILES string of the molecule is C[C@@H](CO)NN[C@@H](C)CO. The number of aliphatic hydroxyl groups is 2. The summed E-state index contributed by atoms with van der Waals surface area (Å²) in [5.41, 5.74) is 5.65. The maximum atomic E-state index is 8.56. The first-order chi connectivity index (χ1) is 4.70. The van der Waals surface area contributed by atoms with Crippen molar-refractivity contribution >= 4 is 0 Å². The molecule has 0 aliphatic carbocycles. The average Bonchev–Trinajstić information content (AvgIpc) is 1.99. The third kappa shape index (κ3) is 4.69. The standard InChI is InChI=1S/C6H16N2O2/c1-5(3-9)7-8-6(2)4-10/h5-10H,3-4H2,1-2H3/t5-,6-/m0/s1. The summed E-state index contributed by atoms with van der Waals surface area (Å²) in [6.07, 6.45) is 0. The van der Waals surface area contributed by atoms with Crippen molar-refractivity contribution in [2.24, 2.45) is 0 Å². The van der Waals surface area contributed by atoms with Gasteiger partial charge in [0, 0.05) is 12.1 Å². The Morgan fingerprint density at radius 1 is 1.00 bits per heavy atom. The van der Waals surface area contributed by atoms with E-state index in [1.165, 1.54) is 0 Å². The highest BCUT2D eigenvalue weighted by molar-refractivity contribution is 4.58. The van der Waals surface area contributed by atoms with Crippen LogP contribution in [0, 0.1) is 0 Å². The molecule has 0 unspecified atom stereocenters. The lowest BCUT2D eigenvalue weighted by Crippen LogP contribution is -2.46. The molecule has 0 rings (SSSR count). The molecule has 0 heterocycles. The second-order valence-electron chi connectivity index (χ2n) is 2.46. The molecule has 62 valence electrons. The molecule has 0 saturated carbocycles. The summed E-state index contributed by atoms with van der Waals surface area (Å²) >= 11 is 0. The lowest BCUT2D eigenvalue weighted by molar-refractivity contribution is 0.203. The van der Waals surface area contributed by atoms with E-state index in [9.17, 15) is 0 Å². The molecule has 0 aromatic carbocycles. The quantitative estimate of drug-likeness (QED) is 0.371. The molecule has 0 amide bonds. The van der Waals surface area contributed by atoms with Crippen LogP contribution in [0.25, 0.3) is 0 Å². The van der Waals surface area contributed by atoms with E-state index in [0.717, 1.165) is 0 Å². The molecule has 0 aliphatic rings. The summed E-state index contributed by atoms with van der Waals surface area (Å²) in [7, 11) is 0. The van der Waals surface area contributed by atoms with Crippen LogP contribution in [0.4, 0.5) is 0 Å². The molecule has 0 saturated heterocycles. The molecular weight excluding hydrogens is 132 g/mol. The number of aliphatic hydroxyl groups excluding tert-OH is 2. The maximum Gasteiger partial charge on any atom is 0.0595 e. The zero-order valence-corrected chi connectivity index (χ0v) is 6.46. The third-order valence-corrected chi connectivity index (χ3v) is 1.12. The minimum atomic E-state index is 0.0222. The Bertz CT molecular complexity index is 70.1. The molecule has 0 bridgehead atoms. The summed E-state index contributed by atoms with van der Waals surface area (Å²) in [6.45, 7) is 3.87. The fraction of sp³-hybridized carbons (Fsp3) is 1.00. The molecule has 4 N–H and O–H groups in total. The Kier molecular flexibility index (Phi) is 5.52. The normalized spacial score (nSPS) is 16.8. The Labute approximate surface area is 61.2 Å². The lowest BCUT2D eigenvalue weighted by atomic mass is 10.4. The van der Waals surface area contributed by atoms with Gasteiger partial charge in [-0.3, -0.25) is 10.9 Å². The first-order valence-corrected chi connectivity index (χ1v) is 3.43. The van der Waals surface area contributed by atoms with Crippen molar-refractivity contribution in [2.75, 3.05) is 13.2 Å². The van der Waals surface area contributed by atoms with Gasteiger partial charge in [0.15, 0.2) is 0 Å². The zero-order chi connectivity index (χ0) is 7.98. The van der Waals surface area contributed by atoms with Crippen molar-refractivity contribution < 1.29 is 10.2 Å². The van der Waals surface area contributed by atoms with Crippen molar-refractivity contribution in [1.82, 2.24) is 10.9 Å². The first kappa shape index (κ1) is 9.84. The Morgan fingerprint density at radius 2 is 1.30 bits per heavy atom. The highest BCUT2D eigenvalue weighted by atomic mass is 16.3. The smallest absolute Gasteiger partial charge is 0.0595 e. The van der Waals surface area contributed by atoms with Gasteiger partial charge >= 0.3 is 0 Å². The van der Waals surface area contributed by atoms with E-state index >= 15 is 0 Å². The van der Waals surface area contributed by atoms with Crippen LogP contribution in [0.5, 0.6) is 0 Å². The molecule has 0 aromatic rings. The fourth-order valence-electron chi connectivity index (χ4n) is 0.376. The minimum absolute atomic E-state index is 0.0222. The number of rotatable bonds is 5. The van der Waals surface area contributed by atoms with E-state index in [4.69, 9.17) is 10.2 Å². The monoisotopic (exact) mass is 148 g/mol. The largest absolute Gasteiger partial charge is 0.395 e. The highest BCUT2D eigenvalue weighted by Gasteiger charge is 2.00. The Hall–Kier alpha value is -0.160. The van der Waals surface area contributed by atoms with Gasteiger partial charge in [-0.15, -0.1) is 0 Å². The summed E-state index contributed by atoms with van der Waals surface area (Å²) < 4.78 is 0. The average molecular weight is 148 g/mol. The van der Waals surface area contributed by atoms with E-state index in [1.54, 1.807) is 0 Å². The number of nitrogens with one attached hydrogen (secondary N) is 2. The topological polar surface area (TPSA) is 64.5 Å². The van der Waals surface area contributed by atoms with Gasteiger partial charge in [0.2, 0.25) is 0 Å². The van der Waals surface area contributed by atoms with Gasteiger partial charge in [-0.1, -0.05) is 0 Å². The van der Waals surface area contributed by atoms with Crippen LogP contribution in [0.1, 0.15) is 13.8 Å². The zero-order valence-electron chi connectivity index (χ0n) is 6.46. The second-order valence-corrected chi connectivity index (χ2v) is 2.46. The van der Waals surface area contributed by atoms with Crippen LogP contribution in [0.15, 0.2) is 0 Å². The van der Waals surface area contributed by atoms with E-state index in [-0.39, 0.29) is 25.3 Å². The molecule has 0 spiro atoms. The lowest BCUT2D eigenvalue weighted by Gasteiger charge is -2.15. The van der Waals surface area contributed by atoms with Crippen LogP contribution in [0.2, 0.25) is 0 Å². The summed E-state index contributed by atoms with van der Waals surface area (Å²) in [4.78, 5) is 0. The van der Waals surface area contributed by atoms with Crippen molar-refractivity contribution in [2.45, 2.75) is 25.9 Å². The number of hydrogen-bond acceptors (Lipinski definition) is 4. The van der Waals surface area contributed by atoms with Crippen LogP contribution < -0.4 is 10.9 Å². The van der Waals surface area contributed by atoms with Gasteiger partial charge in [0.25, 0.3) is 0 Å². The maximum absolute atomic E-state index is 8.56. The van der Waals surface area contributed by atoms with Crippen LogP contribution >= 0.6 is 0 Å². The predicted molar refractivity (Wildman–Crippen MR) is 39.4 cm³/mol. The molecule has 0 radical (unpaired) electrons. The molecule has 0 aliphatic heterocycles. The van der Waals surface area contributed by atoms with Gasteiger partial charge < -0.3 is 10.2 Å². The van der Waals surface area contributed by atoms with Crippen molar-refractivity contribution in [3.05, 3.63) is 0 Å². The molecule has 4 heteroatoms. The fourth-order valence-corrected chi connectivity index (χ4v) is 0.376. The summed E-state index contributed by atoms with van der Waals surface area (Å²) in [6, 6.07) is 0.0444.